The maximum Gasteiger partial charge on any atom is 0.348 e. The molecular weight excluding hydrogens is 466 g/mol. The van der Waals surface area contributed by atoms with Gasteiger partial charge in [0.1, 0.15) is 0 Å². The van der Waals surface area contributed by atoms with Gasteiger partial charge >= 0.3 is 6.03 Å². The van der Waals surface area contributed by atoms with Gasteiger partial charge in [-0.3, -0.25) is 0 Å². The number of likely N-dealkylation sites (tertiary alicyclic amines) is 1. The van der Waals surface area contributed by atoms with Gasteiger partial charge in [0.05, 0.1) is 4.90 Å². The number of carbonyl (C=O) groups excluding carboxylic acids is 1. The average Bonchev–Trinajstić information content (AvgIpc) is 3.17. The molecule has 0 bridgehead atoms. The minimum Gasteiger partial charge on any atom is -0.409 e. The molecule has 3 aromatic rings. The van der Waals surface area contributed by atoms with E-state index in [9.17, 15) is 13.2 Å². The van der Waals surface area contributed by atoms with Gasteiger partial charge in [0.2, 0.25) is 0 Å². The number of nitrogens with one attached hydrogen (secondary N) is 1. The van der Waals surface area contributed by atoms with Crippen molar-refractivity contribution >= 4 is 32.7 Å². The number of rotatable bonds is 6. The summed E-state index contributed by atoms with van der Waals surface area (Å²) in [6, 6.07) is 18.5. The second-order valence-corrected chi connectivity index (χ2v) is 10.3. The standard InChI is InChI=1S/C25H29N5O4S/c26-24(28-32)22-11-7-8-19(16-22)18-27-30(25(31)29-14-5-1-2-6-15-29)35(33,34)23-13-12-20-9-3-4-10-21(20)17-23/h3-4,7-13,16-17,27,32H,1-2,5-6,14-15,18H2,(H2,26,28). The second kappa shape index (κ2) is 10.7. The van der Waals surface area contributed by atoms with E-state index in [4.69, 9.17) is 10.9 Å². The molecule has 9 nitrogen and oxygen atoms in total. The summed E-state index contributed by atoms with van der Waals surface area (Å²) in [4.78, 5) is 15.1. The van der Waals surface area contributed by atoms with Crippen LogP contribution in [0, 0.1) is 0 Å². The number of carbonyl (C=O) groups is 1. The minimum atomic E-state index is -4.21. The molecule has 1 heterocycles. The van der Waals surface area contributed by atoms with Gasteiger partial charge in [-0.25, -0.2) is 10.2 Å². The van der Waals surface area contributed by atoms with Crippen LogP contribution in [0.15, 0.2) is 76.8 Å². The van der Waals surface area contributed by atoms with Gasteiger partial charge in [0.15, 0.2) is 5.84 Å². The first-order valence-corrected chi connectivity index (χ1v) is 13.0. The molecule has 1 saturated heterocycles. The summed E-state index contributed by atoms with van der Waals surface area (Å²) < 4.78 is 28.2. The average molecular weight is 496 g/mol. The first kappa shape index (κ1) is 24.5. The highest BCUT2D eigenvalue weighted by molar-refractivity contribution is 7.89. The van der Waals surface area contributed by atoms with Crippen LogP contribution in [-0.4, -0.2) is 47.9 Å². The van der Waals surface area contributed by atoms with E-state index in [1.54, 1.807) is 41.3 Å². The summed E-state index contributed by atoms with van der Waals surface area (Å²) in [7, 11) is -4.21. The number of oxime groups is 1. The predicted octanol–water partition coefficient (Wildman–Crippen LogP) is 3.63. The first-order chi connectivity index (χ1) is 16.9. The van der Waals surface area contributed by atoms with E-state index < -0.39 is 16.1 Å². The topological polar surface area (TPSA) is 128 Å². The van der Waals surface area contributed by atoms with E-state index in [1.165, 1.54) is 6.07 Å². The quantitative estimate of drug-likeness (QED) is 0.207. The molecule has 0 aliphatic carbocycles. The molecule has 35 heavy (non-hydrogen) atoms. The van der Waals surface area contributed by atoms with Crippen molar-refractivity contribution in [3.05, 3.63) is 77.9 Å². The van der Waals surface area contributed by atoms with Gasteiger partial charge in [-0.1, -0.05) is 66.5 Å². The third-order valence-electron chi connectivity index (χ3n) is 6.07. The molecule has 4 rings (SSSR count). The van der Waals surface area contributed by atoms with Crippen LogP contribution in [0.2, 0.25) is 0 Å². The lowest BCUT2D eigenvalue weighted by molar-refractivity contribution is 0.165. The van der Waals surface area contributed by atoms with Crippen LogP contribution in [0.1, 0.15) is 36.8 Å². The summed E-state index contributed by atoms with van der Waals surface area (Å²) in [5.74, 6) is -0.0619. The molecule has 1 aliphatic heterocycles. The molecule has 0 unspecified atom stereocenters. The van der Waals surface area contributed by atoms with E-state index >= 15 is 0 Å². The molecular formula is C25H29N5O4S. The van der Waals surface area contributed by atoms with Crippen molar-refractivity contribution in [1.29, 1.82) is 0 Å². The third-order valence-corrected chi connectivity index (χ3v) is 7.68. The fourth-order valence-corrected chi connectivity index (χ4v) is 5.42. The highest BCUT2D eigenvalue weighted by Crippen LogP contribution is 2.23. The number of nitrogens with zero attached hydrogens (tertiary/aromatic N) is 3. The highest BCUT2D eigenvalue weighted by Gasteiger charge is 2.33. The van der Waals surface area contributed by atoms with Crippen molar-refractivity contribution in [3.8, 4) is 0 Å². The maximum atomic E-state index is 13.7. The Balaban J connectivity index is 1.67. The lowest BCUT2D eigenvalue weighted by Crippen LogP contribution is -2.52. The molecule has 10 heteroatoms. The molecule has 4 N–H and O–H groups in total. The normalized spacial score (nSPS) is 15.1. The molecule has 0 saturated carbocycles. The largest absolute Gasteiger partial charge is 0.409 e. The zero-order chi connectivity index (χ0) is 24.8. The van der Waals surface area contributed by atoms with E-state index in [0.29, 0.717) is 24.2 Å². The zero-order valence-electron chi connectivity index (χ0n) is 19.3. The smallest absolute Gasteiger partial charge is 0.348 e. The molecule has 3 aromatic carbocycles. The van der Waals surface area contributed by atoms with Gasteiger partial charge in [-0.05, 0) is 47.4 Å². The summed E-state index contributed by atoms with van der Waals surface area (Å²) in [5, 5.41) is 13.6. The Morgan fingerprint density at radius 2 is 1.69 bits per heavy atom. The lowest BCUT2D eigenvalue weighted by Gasteiger charge is -2.29. The predicted molar refractivity (Wildman–Crippen MR) is 134 cm³/mol. The molecule has 1 fully saturated rings. The zero-order valence-corrected chi connectivity index (χ0v) is 20.1. The highest BCUT2D eigenvalue weighted by atomic mass is 32.2. The first-order valence-electron chi connectivity index (χ1n) is 11.5. The van der Waals surface area contributed by atoms with Crippen LogP contribution in [0.3, 0.4) is 0 Å². The minimum absolute atomic E-state index is 0.0253. The van der Waals surface area contributed by atoms with E-state index in [-0.39, 0.29) is 17.3 Å². The summed E-state index contributed by atoms with van der Waals surface area (Å²) in [6.07, 6.45) is 3.68. The van der Waals surface area contributed by atoms with E-state index in [2.05, 4.69) is 10.6 Å². The lowest BCUT2D eigenvalue weighted by atomic mass is 10.1. The fraction of sp³-hybridized carbons (Fsp3) is 0.280. The third kappa shape index (κ3) is 5.55. The number of hydrazine groups is 1. The fourth-order valence-electron chi connectivity index (χ4n) is 4.14. The van der Waals surface area contributed by atoms with Crippen LogP contribution < -0.4 is 11.2 Å². The molecule has 0 atom stereocenters. The summed E-state index contributed by atoms with van der Waals surface area (Å²) in [5.41, 5.74) is 9.66. The number of hydrogen-bond donors (Lipinski definition) is 3. The molecule has 1 aliphatic rings. The number of amides is 2. The number of amidine groups is 1. The summed E-state index contributed by atoms with van der Waals surface area (Å²) in [6.45, 7) is 1.05. The maximum absolute atomic E-state index is 13.7. The van der Waals surface area contributed by atoms with Crippen LogP contribution in [0.25, 0.3) is 10.8 Å². The Morgan fingerprint density at radius 1 is 0.971 bits per heavy atom. The van der Waals surface area contributed by atoms with Crippen LogP contribution in [0.4, 0.5) is 4.79 Å². The van der Waals surface area contributed by atoms with Gasteiger partial charge in [0.25, 0.3) is 10.0 Å². The Labute approximate surface area is 204 Å². The number of urea groups is 1. The van der Waals surface area contributed by atoms with Crippen LogP contribution in [-0.2, 0) is 16.6 Å². The molecule has 2 amide bonds. The number of fused-ring (bicyclic) bond motifs is 1. The Hall–Kier alpha value is -3.63. The molecule has 184 valence electrons. The number of sulfonamides is 1. The van der Waals surface area contributed by atoms with Crippen molar-refractivity contribution in [2.24, 2.45) is 10.9 Å². The van der Waals surface area contributed by atoms with E-state index in [0.717, 1.165) is 40.9 Å². The van der Waals surface area contributed by atoms with Crippen molar-refractivity contribution < 1.29 is 18.4 Å². The Kier molecular flexibility index (Phi) is 7.52. The molecule has 0 aromatic heterocycles. The number of benzene rings is 3. The molecule has 0 radical (unpaired) electrons. The van der Waals surface area contributed by atoms with Crippen molar-refractivity contribution in [1.82, 2.24) is 14.7 Å². The SMILES string of the molecule is NC(=NO)c1cccc(CNN(C(=O)N2CCCCCC2)S(=O)(=O)c2ccc3ccccc3c2)c1. The number of hydrogen-bond acceptors (Lipinski definition) is 6. The van der Waals surface area contributed by atoms with Crippen molar-refractivity contribution in [3.63, 3.8) is 0 Å². The van der Waals surface area contributed by atoms with Gasteiger partial charge in [-0.2, -0.15) is 8.42 Å². The van der Waals surface area contributed by atoms with Gasteiger partial charge < -0.3 is 15.8 Å². The number of nitrogens with two attached hydrogens (primary N) is 1. The van der Waals surface area contributed by atoms with Crippen LogP contribution in [0.5, 0.6) is 0 Å². The van der Waals surface area contributed by atoms with Gasteiger partial charge in [-0.15, -0.1) is 4.41 Å². The second-order valence-electron chi connectivity index (χ2n) is 8.48. The monoisotopic (exact) mass is 495 g/mol. The van der Waals surface area contributed by atoms with E-state index in [1.807, 2.05) is 24.3 Å². The summed E-state index contributed by atoms with van der Waals surface area (Å²) >= 11 is 0. The van der Waals surface area contributed by atoms with Crippen LogP contribution >= 0.6 is 0 Å². The Bertz CT molecular complexity index is 1330. The van der Waals surface area contributed by atoms with Crippen molar-refractivity contribution in [2.75, 3.05) is 13.1 Å². The molecule has 0 spiro atoms. The Morgan fingerprint density at radius 3 is 2.40 bits per heavy atom. The van der Waals surface area contributed by atoms with Gasteiger partial charge in [0, 0.05) is 25.2 Å². The van der Waals surface area contributed by atoms with Crippen molar-refractivity contribution in [2.45, 2.75) is 37.1 Å².